The molecule has 2 aromatic carbocycles. The molecule has 1 aromatic heterocycles. The van der Waals surface area contributed by atoms with Crippen molar-refractivity contribution in [1.82, 2.24) is 9.88 Å². The normalized spacial score (nSPS) is 20.2. The molecule has 3 aromatic rings. The van der Waals surface area contributed by atoms with Crippen LogP contribution in [0.15, 0.2) is 66.8 Å². The zero-order chi connectivity index (χ0) is 25.9. The minimum Gasteiger partial charge on any atom is -0.507 e. The Hall–Kier alpha value is -4.07. The van der Waals surface area contributed by atoms with Crippen LogP contribution in [0.25, 0.3) is 5.76 Å². The summed E-state index contributed by atoms with van der Waals surface area (Å²) in [5.74, 6) is -0.0148. The van der Waals surface area contributed by atoms with Gasteiger partial charge >= 0.3 is 0 Å². The Kier molecular flexibility index (Phi) is 6.99. The number of Topliss-reactive ketones (excluding diaryl/α,β-unsaturated/α-hetero) is 1. The summed E-state index contributed by atoms with van der Waals surface area (Å²) in [4.78, 5) is 31.2. The molecule has 3 heterocycles. The molecule has 192 valence electrons. The zero-order valence-electron chi connectivity index (χ0n) is 21.1. The van der Waals surface area contributed by atoms with Gasteiger partial charge in [0.15, 0.2) is 0 Å². The second kappa shape index (κ2) is 10.5. The van der Waals surface area contributed by atoms with Crippen molar-refractivity contribution in [2.24, 2.45) is 0 Å². The van der Waals surface area contributed by atoms with Gasteiger partial charge in [0.25, 0.3) is 11.7 Å². The molecule has 0 saturated carbocycles. The molecule has 0 radical (unpaired) electrons. The van der Waals surface area contributed by atoms with Crippen LogP contribution >= 0.6 is 0 Å². The smallest absolute Gasteiger partial charge is 0.295 e. The lowest BCUT2D eigenvalue weighted by atomic mass is 9.94. The number of nitrogens with one attached hydrogen (secondary N) is 1. The number of hydrogen-bond acceptors (Lipinski definition) is 5. The van der Waals surface area contributed by atoms with E-state index in [1.165, 1.54) is 0 Å². The van der Waals surface area contributed by atoms with Gasteiger partial charge < -0.3 is 19.5 Å². The van der Waals surface area contributed by atoms with Crippen molar-refractivity contribution in [3.05, 3.63) is 83.4 Å². The second-order valence-corrected chi connectivity index (χ2v) is 9.57. The van der Waals surface area contributed by atoms with Crippen LogP contribution in [0, 0.1) is 0 Å². The monoisotopic (exact) mass is 502 g/mol. The number of carbonyl (C=O) groups excluding carboxylic acids is 2. The maximum atomic E-state index is 13.4. The number of rotatable bonds is 9. The molecule has 2 unspecified atom stereocenters. The number of benzene rings is 2. The van der Waals surface area contributed by atoms with E-state index in [0.29, 0.717) is 37.4 Å². The van der Waals surface area contributed by atoms with Gasteiger partial charge in [0.2, 0.25) is 6.33 Å². The highest BCUT2D eigenvalue weighted by Gasteiger charge is 2.46. The molecule has 8 heteroatoms. The molecule has 0 spiro atoms. The Morgan fingerprint density at radius 1 is 1.24 bits per heavy atom. The van der Waals surface area contributed by atoms with Crippen molar-refractivity contribution in [2.45, 2.75) is 51.8 Å². The molecule has 1 saturated heterocycles. The first-order valence-electron chi connectivity index (χ1n) is 12.8. The van der Waals surface area contributed by atoms with Crippen LogP contribution in [-0.4, -0.2) is 45.9 Å². The number of aromatic nitrogens is 2. The summed E-state index contributed by atoms with van der Waals surface area (Å²) in [6.45, 7) is 5.63. The first-order chi connectivity index (χ1) is 18.0. The van der Waals surface area contributed by atoms with Crippen LogP contribution in [0.1, 0.15) is 49.4 Å². The largest absolute Gasteiger partial charge is 0.507 e. The number of ether oxygens (including phenoxy) is 2. The zero-order valence-corrected chi connectivity index (χ0v) is 21.1. The molecule has 2 aliphatic rings. The highest BCUT2D eigenvalue weighted by molar-refractivity contribution is 6.46. The van der Waals surface area contributed by atoms with E-state index >= 15 is 0 Å². The van der Waals surface area contributed by atoms with Crippen molar-refractivity contribution in [2.75, 3.05) is 13.2 Å². The summed E-state index contributed by atoms with van der Waals surface area (Å²) in [7, 11) is 0. The summed E-state index contributed by atoms with van der Waals surface area (Å²) in [6, 6.07) is 12.1. The number of ketones is 1. The second-order valence-electron chi connectivity index (χ2n) is 9.57. The van der Waals surface area contributed by atoms with Gasteiger partial charge in [0.05, 0.1) is 24.8 Å². The number of aromatic amines is 1. The number of likely N-dealkylation sites (tertiary alicyclic amines) is 1. The number of carbonyl (C=O) groups is 2. The molecule has 0 bridgehead atoms. The third kappa shape index (κ3) is 4.96. The molecule has 2 aliphatic heterocycles. The van der Waals surface area contributed by atoms with Crippen molar-refractivity contribution >= 4 is 17.4 Å². The molecule has 37 heavy (non-hydrogen) atoms. The molecule has 5 rings (SSSR count). The summed E-state index contributed by atoms with van der Waals surface area (Å²) in [5.41, 5.74) is 2.29. The number of aryl methyl sites for hydroxylation is 1. The van der Waals surface area contributed by atoms with E-state index in [4.69, 9.17) is 9.47 Å². The van der Waals surface area contributed by atoms with Gasteiger partial charge in [-0.2, -0.15) is 0 Å². The fraction of sp³-hybridized carbons (Fsp3) is 0.345. The van der Waals surface area contributed by atoms with Gasteiger partial charge in [0, 0.05) is 24.9 Å². The lowest BCUT2D eigenvalue weighted by Crippen LogP contribution is -2.36. The Morgan fingerprint density at radius 3 is 2.89 bits per heavy atom. The van der Waals surface area contributed by atoms with E-state index in [1.807, 2.05) is 73.5 Å². The molecular weight excluding hydrogens is 470 g/mol. The van der Waals surface area contributed by atoms with Crippen molar-refractivity contribution in [1.29, 1.82) is 0 Å². The van der Waals surface area contributed by atoms with Gasteiger partial charge in [-0.1, -0.05) is 19.1 Å². The molecule has 2 atom stereocenters. The van der Waals surface area contributed by atoms with Crippen molar-refractivity contribution in [3.63, 3.8) is 0 Å². The van der Waals surface area contributed by atoms with Crippen molar-refractivity contribution < 1.29 is 28.7 Å². The van der Waals surface area contributed by atoms with E-state index in [2.05, 4.69) is 4.98 Å². The highest BCUT2D eigenvalue weighted by atomic mass is 16.5. The lowest BCUT2D eigenvalue weighted by Gasteiger charge is -2.25. The van der Waals surface area contributed by atoms with Gasteiger partial charge in [-0.05, 0) is 54.8 Å². The predicted molar refractivity (Wildman–Crippen MR) is 137 cm³/mol. The molecule has 1 amide bonds. The number of hydrogen-bond donors (Lipinski definition) is 2. The predicted octanol–water partition coefficient (Wildman–Crippen LogP) is 3.93. The van der Waals surface area contributed by atoms with Crippen LogP contribution < -0.4 is 14.0 Å². The minimum atomic E-state index is -0.718. The van der Waals surface area contributed by atoms with Gasteiger partial charge in [-0.3, -0.25) is 14.6 Å². The van der Waals surface area contributed by atoms with E-state index in [9.17, 15) is 14.7 Å². The first-order valence-corrected chi connectivity index (χ1v) is 12.8. The Morgan fingerprint density at radius 2 is 2.11 bits per heavy atom. The number of fused-ring (bicyclic) bond motifs is 1. The molecule has 2 N–H and O–H groups in total. The number of imidazole rings is 1. The van der Waals surface area contributed by atoms with E-state index < -0.39 is 17.7 Å². The summed E-state index contributed by atoms with van der Waals surface area (Å²) in [6.07, 6.45) is 7.88. The van der Waals surface area contributed by atoms with Crippen LogP contribution in [0.3, 0.4) is 0 Å². The van der Waals surface area contributed by atoms with E-state index in [-0.39, 0.29) is 17.4 Å². The fourth-order valence-corrected chi connectivity index (χ4v) is 5.06. The maximum absolute atomic E-state index is 13.4. The van der Waals surface area contributed by atoms with Crippen LogP contribution in [0.4, 0.5) is 0 Å². The van der Waals surface area contributed by atoms with Crippen LogP contribution in [0.5, 0.6) is 11.5 Å². The summed E-state index contributed by atoms with van der Waals surface area (Å²) >= 11 is 0. The average molecular weight is 503 g/mol. The average Bonchev–Trinajstić information content (AvgIpc) is 3.61. The summed E-state index contributed by atoms with van der Waals surface area (Å²) in [5, 5.41) is 11.4. The van der Waals surface area contributed by atoms with Gasteiger partial charge in [0.1, 0.15) is 35.8 Å². The standard InChI is InChI=1S/C29H31N3O5/c1-3-14-36-23-7-4-6-20(17-23)26-25(27(33)21-8-9-24-22(16-21)15-19(2)37-24)28(34)29(35)32(26)12-5-11-31-13-10-30-18-31/h4,6-10,13,16-19,26H,3,5,11-12,14-15H2,1-2H3,(H,33,34)/p+1. The third-order valence-electron chi connectivity index (χ3n) is 6.77. The molecule has 8 nitrogen and oxygen atoms in total. The molecule has 0 aliphatic carbocycles. The highest BCUT2D eigenvalue weighted by Crippen LogP contribution is 2.41. The van der Waals surface area contributed by atoms with Gasteiger partial charge in [-0.15, -0.1) is 0 Å². The minimum absolute atomic E-state index is 0.0572. The van der Waals surface area contributed by atoms with Crippen LogP contribution in [0.2, 0.25) is 0 Å². The molecular formula is C29H32N3O5+. The topological polar surface area (TPSA) is 95.7 Å². The van der Waals surface area contributed by atoms with E-state index in [0.717, 1.165) is 29.7 Å². The van der Waals surface area contributed by atoms with Crippen molar-refractivity contribution in [3.8, 4) is 11.5 Å². The fourth-order valence-electron chi connectivity index (χ4n) is 5.06. The Balaban J connectivity index is 1.53. The SMILES string of the molecule is CCCOc1cccc(C2/C(=C(\O)c3ccc4c(c3)CC(C)O4)C(=O)C(=O)N2CCC[n+]2cc[nH]c2)c1. The van der Waals surface area contributed by atoms with Gasteiger partial charge in [-0.25, -0.2) is 4.57 Å². The first kappa shape index (κ1) is 24.6. The number of aliphatic hydroxyl groups is 1. The number of amides is 1. The third-order valence-corrected chi connectivity index (χ3v) is 6.77. The Labute approximate surface area is 216 Å². The Bertz CT molecular complexity index is 1330. The lowest BCUT2D eigenvalue weighted by molar-refractivity contribution is -0.695. The quantitative estimate of drug-likeness (QED) is 0.200. The summed E-state index contributed by atoms with van der Waals surface area (Å²) < 4.78 is 13.6. The number of H-pyrrole nitrogens is 1. The maximum Gasteiger partial charge on any atom is 0.295 e. The molecule has 1 fully saturated rings. The van der Waals surface area contributed by atoms with Crippen LogP contribution in [-0.2, 0) is 22.6 Å². The number of nitrogens with zero attached hydrogens (tertiary/aromatic N) is 2. The number of aliphatic hydroxyl groups excluding tert-OH is 1. The van der Waals surface area contributed by atoms with E-state index in [1.54, 1.807) is 11.0 Å².